The van der Waals surface area contributed by atoms with Crippen LogP contribution in [-0.2, 0) is 0 Å². The summed E-state index contributed by atoms with van der Waals surface area (Å²) in [6.07, 6.45) is 0. The van der Waals surface area contributed by atoms with Crippen LogP contribution in [0.4, 0.5) is 0 Å². The van der Waals surface area contributed by atoms with Gasteiger partial charge in [0.05, 0.1) is 22.3 Å². The Balaban J connectivity index is 0.00000364. The van der Waals surface area contributed by atoms with Crippen molar-refractivity contribution in [2.75, 3.05) is 0 Å². The zero-order valence-corrected chi connectivity index (χ0v) is 14.2. The fourth-order valence-corrected chi connectivity index (χ4v) is 2.45. The molecular weight excluding hydrogens is 376 g/mol. The topological polar surface area (TPSA) is 236 Å². The number of hydrogen-bond donors (Lipinski definition) is 6. The summed E-state index contributed by atoms with van der Waals surface area (Å²) in [5, 5.41) is 36.8. The number of rotatable bonds is 6. The highest BCUT2D eigenvalue weighted by Crippen LogP contribution is 2.23. The molecule has 0 saturated carbocycles. The summed E-state index contributed by atoms with van der Waals surface area (Å²) in [7, 11) is 0. The Labute approximate surface area is 157 Å². The summed E-state index contributed by atoms with van der Waals surface area (Å²) in [6.45, 7) is 0. The van der Waals surface area contributed by atoms with Crippen molar-refractivity contribution in [1.29, 1.82) is 0 Å². The minimum Gasteiger partial charge on any atom is -0.478 e. The van der Waals surface area contributed by atoms with Gasteiger partial charge in [-0.3, -0.25) is 4.79 Å². The first kappa shape index (κ1) is 23.9. The third-order valence-electron chi connectivity index (χ3n) is 3.51. The van der Waals surface area contributed by atoms with Crippen LogP contribution in [0.2, 0.25) is 0 Å². The van der Waals surface area contributed by atoms with Crippen LogP contribution in [0.15, 0.2) is 36.4 Å². The molecule has 0 saturated heterocycles. The number of carboxylic acid groups (broad SMARTS) is 4. The predicted molar refractivity (Wildman–Crippen MR) is 94.2 cm³/mol. The molecule has 0 fully saturated rings. The maximum atomic E-state index is 12.7. The zero-order valence-electron chi connectivity index (χ0n) is 14.2. The van der Waals surface area contributed by atoms with Gasteiger partial charge in [0.25, 0.3) is 0 Å². The molecule has 11 heteroatoms. The standard InChI is InChI=1S/C17H10O9.2H3N/c18-13(7-3-1-5-9(14(19)20)11(7)16(23)24)8-4-2-6-10(15(21)22)12(8)17(25)26;;/h1-6H,(H,19,20)(H,21,22)(H,23,24)(H,25,26);2*1H3. The van der Waals surface area contributed by atoms with Crippen molar-refractivity contribution in [3.05, 3.63) is 69.8 Å². The molecule has 2 aromatic rings. The molecule has 0 aliphatic heterocycles. The summed E-state index contributed by atoms with van der Waals surface area (Å²) in [5.41, 5.74) is -4.08. The highest BCUT2D eigenvalue weighted by molar-refractivity contribution is 6.21. The number of ketones is 1. The van der Waals surface area contributed by atoms with Gasteiger partial charge in [-0.05, 0) is 12.1 Å². The molecule has 2 aromatic carbocycles. The third-order valence-corrected chi connectivity index (χ3v) is 3.51. The number of benzene rings is 2. The van der Waals surface area contributed by atoms with Crippen molar-refractivity contribution in [3.63, 3.8) is 0 Å². The van der Waals surface area contributed by atoms with Gasteiger partial charge in [-0.1, -0.05) is 24.3 Å². The molecule has 0 aliphatic rings. The monoisotopic (exact) mass is 392 g/mol. The Morgan fingerprint density at radius 3 is 1.04 bits per heavy atom. The molecule has 0 aromatic heterocycles. The molecule has 10 N–H and O–H groups in total. The van der Waals surface area contributed by atoms with Crippen LogP contribution < -0.4 is 12.3 Å². The van der Waals surface area contributed by atoms with Crippen LogP contribution in [0.1, 0.15) is 57.4 Å². The molecule has 0 bridgehead atoms. The average molecular weight is 392 g/mol. The van der Waals surface area contributed by atoms with E-state index in [1.165, 1.54) is 0 Å². The average Bonchev–Trinajstić information content (AvgIpc) is 2.59. The van der Waals surface area contributed by atoms with E-state index in [1.807, 2.05) is 0 Å². The normalized spacial score (nSPS) is 9.43. The quantitative estimate of drug-likeness (QED) is 0.389. The van der Waals surface area contributed by atoms with Gasteiger partial charge >= 0.3 is 23.9 Å². The molecule has 0 spiro atoms. The van der Waals surface area contributed by atoms with Crippen molar-refractivity contribution < 1.29 is 44.4 Å². The van der Waals surface area contributed by atoms with E-state index in [0.29, 0.717) is 0 Å². The van der Waals surface area contributed by atoms with Crippen LogP contribution in [0.5, 0.6) is 0 Å². The second-order valence-corrected chi connectivity index (χ2v) is 5.01. The van der Waals surface area contributed by atoms with Crippen LogP contribution in [-0.4, -0.2) is 50.1 Å². The van der Waals surface area contributed by atoms with E-state index in [4.69, 9.17) is 10.2 Å². The van der Waals surface area contributed by atoms with Crippen molar-refractivity contribution in [3.8, 4) is 0 Å². The van der Waals surface area contributed by atoms with E-state index < -0.39 is 63.0 Å². The minimum atomic E-state index is -1.70. The predicted octanol–water partition coefficient (Wildman–Crippen LogP) is 2.03. The summed E-state index contributed by atoms with van der Waals surface area (Å²) in [4.78, 5) is 58.1. The van der Waals surface area contributed by atoms with Gasteiger partial charge in [-0.15, -0.1) is 0 Å². The SMILES string of the molecule is N.N.O=C(O)c1cccc(C(=O)c2cccc(C(=O)O)c2C(=O)O)c1C(=O)O. The molecule has 0 heterocycles. The third kappa shape index (κ3) is 4.17. The lowest BCUT2D eigenvalue weighted by Gasteiger charge is -2.11. The second kappa shape index (κ2) is 9.02. The summed E-state index contributed by atoms with van der Waals surface area (Å²) in [5.74, 6) is -7.69. The summed E-state index contributed by atoms with van der Waals surface area (Å²) in [6, 6.07) is 6.27. The van der Waals surface area contributed by atoms with Gasteiger partial charge in [0, 0.05) is 11.1 Å². The van der Waals surface area contributed by atoms with Gasteiger partial charge < -0.3 is 32.7 Å². The maximum Gasteiger partial charge on any atom is 0.337 e. The first-order valence-corrected chi connectivity index (χ1v) is 6.90. The zero-order chi connectivity index (χ0) is 19.6. The van der Waals surface area contributed by atoms with Crippen molar-refractivity contribution in [1.82, 2.24) is 12.3 Å². The molecule has 0 radical (unpaired) electrons. The Bertz CT molecular complexity index is 905. The molecule has 0 aliphatic carbocycles. The smallest absolute Gasteiger partial charge is 0.337 e. The summed E-state index contributed by atoms with van der Waals surface area (Å²) >= 11 is 0. The van der Waals surface area contributed by atoms with E-state index in [1.54, 1.807) is 0 Å². The largest absolute Gasteiger partial charge is 0.478 e. The fraction of sp³-hybridized carbons (Fsp3) is 0. The molecule has 2 rings (SSSR count). The second-order valence-electron chi connectivity index (χ2n) is 5.01. The summed E-state index contributed by atoms with van der Waals surface area (Å²) < 4.78 is 0. The Hall–Kier alpha value is -4.09. The first-order chi connectivity index (χ1) is 12.2. The molecule has 0 atom stereocenters. The van der Waals surface area contributed by atoms with E-state index in [-0.39, 0.29) is 12.3 Å². The number of hydrogen-bond acceptors (Lipinski definition) is 7. The maximum absolute atomic E-state index is 12.7. The van der Waals surface area contributed by atoms with Gasteiger partial charge in [0.1, 0.15) is 0 Å². The lowest BCUT2D eigenvalue weighted by Crippen LogP contribution is -2.19. The van der Waals surface area contributed by atoms with Crippen molar-refractivity contribution in [2.45, 2.75) is 0 Å². The van der Waals surface area contributed by atoms with Gasteiger partial charge in [-0.25, -0.2) is 19.2 Å². The van der Waals surface area contributed by atoms with Crippen molar-refractivity contribution in [2.24, 2.45) is 0 Å². The number of carbonyl (C=O) groups excluding carboxylic acids is 1. The van der Waals surface area contributed by atoms with Crippen LogP contribution in [0.3, 0.4) is 0 Å². The molecule has 0 amide bonds. The van der Waals surface area contributed by atoms with E-state index in [0.717, 1.165) is 36.4 Å². The van der Waals surface area contributed by atoms with Crippen molar-refractivity contribution >= 4 is 29.7 Å². The number of carboxylic acids is 4. The fourth-order valence-electron chi connectivity index (χ4n) is 2.45. The molecule has 0 unspecified atom stereocenters. The van der Waals surface area contributed by atoms with Crippen LogP contribution >= 0.6 is 0 Å². The Morgan fingerprint density at radius 1 is 0.500 bits per heavy atom. The van der Waals surface area contributed by atoms with E-state index >= 15 is 0 Å². The highest BCUT2D eigenvalue weighted by Gasteiger charge is 2.29. The van der Waals surface area contributed by atoms with Gasteiger partial charge in [0.15, 0.2) is 5.78 Å². The van der Waals surface area contributed by atoms with Crippen LogP contribution in [0.25, 0.3) is 0 Å². The minimum absolute atomic E-state index is 0. The number of aromatic carboxylic acids is 4. The molecule has 11 nitrogen and oxygen atoms in total. The van der Waals surface area contributed by atoms with E-state index in [9.17, 15) is 34.2 Å². The highest BCUT2D eigenvalue weighted by atomic mass is 16.4. The van der Waals surface area contributed by atoms with Crippen LogP contribution in [0, 0.1) is 0 Å². The van der Waals surface area contributed by atoms with Gasteiger partial charge in [-0.2, -0.15) is 0 Å². The molecule has 28 heavy (non-hydrogen) atoms. The lowest BCUT2D eigenvalue weighted by atomic mass is 9.90. The first-order valence-electron chi connectivity index (χ1n) is 6.90. The molecule has 148 valence electrons. The number of carbonyl (C=O) groups is 5. The van der Waals surface area contributed by atoms with Gasteiger partial charge in [0.2, 0.25) is 0 Å². The Kier molecular flexibility index (Phi) is 7.71. The molecular formula is C17H16N2O9. The Morgan fingerprint density at radius 2 is 0.786 bits per heavy atom. The van der Waals surface area contributed by atoms with E-state index in [2.05, 4.69) is 0 Å². The lowest BCUT2D eigenvalue weighted by molar-refractivity contribution is 0.0647.